The molecule has 0 bridgehead atoms. The highest BCUT2D eigenvalue weighted by atomic mass is 16.3. The molecule has 1 aromatic carbocycles. The Labute approximate surface area is 102 Å². The zero-order chi connectivity index (χ0) is 11.7. The number of phenols is 1. The lowest BCUT2D eigenvalue weighted by Crippen LogP contribution is -2.45. The number of rotatable bonds is 3. The van der Waals surface area contributed by atoms with Gasteiger partial charge in [-0.2, -0.15) is 0 Å². The Morgan fingerprint density at radius 1 is 1.24 bits per heavy atom. The fourth-order valence-electron chi connectivity index (χ4n) is 2.86. The van der Waals surface area contributed by atoms with E-state index in [0.29, 0.717) is 11.8 Å². The van der Waals surface area contributed by atoms with Gasteiger partial charge in [-0.15, -0.1) is 0 Å². The van der Waals surface area contributed by atoms with Crippen molar-refractivity contribution in [2.75, 3.05) is 26.2 Å². The van der Waals surface area contributed by atoms with Gasteiger partial charge in [0, 0.05) is 32.2 Å². The van der Waals surface area contributed by atoms with Crippen LogP contribution < -0.4 is 5.32 Å². The number of benzene rings is 1. The Kier molecular flexibility index (Phi) is 3.04. The maximum Gasteiger partial charge on any atom is 0.115 e. The average Bonchev–Trinajstić information content (AvgIpc) is 3.15. The number of piperazine rings is 1. The Hall–Kier alpha value is -1.06. The van der Waals surface area contributed by atoms with Gasteiger partial charge in [-0.3, -0.25) is 4.90 Å². The first-order valence-electron chi connectivity index (χ1n) is 6.58. The van der Waals surface area contributed by atoms with E-state index in [4.69, 9.17) is 0 Å². The minimum absolute atomic E-state index is 0.392. The molecule has 3 rings (SSSR count). The third-order valence-corrected chi connectivity index (χ3v) is 3.83. The molecule has 17 heavy (non-hydrogen) atoms. The predicted molar refractivity (Wildman–Crippen MR) is 68.0 cm³/mol. The maximum absolute atomic E-state index is 9.63. The highest BCUT2D eigenvalue weighted by Gasteiger charge is 2.36. The Bertz CT molecular complexity index is 384. The Balaban J connectivity index is 1.83. The second kappa shape index (κ2) is 4.67. The summed E-state index contributed by atoms with van der Waals surface area (Å²) < 4.78 is 0. The van der Waals surface area contributed by atoms with Crippen LogP contribution in [0.25, 0.3) is 0 Å². The first kappa shape index (κ1) is 11.1. The molecule has 1 aromatic rings. The third kappa shape index (κ3) is 2.45. The van der Waals surface area contributed by atoms with Crippen molar-refractivity contribution >= 4 is 0 Å². The van der Waals surface area contributed by atoms with Gasteiger partial charge in [-0.05, 0) is 36.5 Å². The summed E-state index contributed by atoms with van der Waals surface area (Å²) in [6.45, 7) is 4.41. The lowest BCUT2D eigenvalue weighted by Gasteiger charge is -2.35. The van der Waals surface area contributed by atoms with Crippen molar-refractivity contribution < 1.29 is 5.11 Å². The number of phenolic OH excluding ortho intramolecular Hbond substituents is 1. The molecule has 0 spiro atoms. The maximum atomic E-state index is 9.63. The van der Waals surface area contributed by atoms with Crippen molar-refractivity contribution in [3.05, 3.63) is 29.8 Å². The van der Waals surface area contributed by atoms with E-state index in [9.17, 15) is 5.11 Å². The molecule has 3 nitrogen and oxygen atoms in total. The Morgan fingerprint density at radius 2 is 2.00 bits per heavy atom. The normalized spacial score (nSPS) is 23.5. The second-order valence-corrected chi connectivity index (χ2v) is 5.16. The van der Waals surface area contributed by atoms with E-state index in [1.807, 2.05) is 12.1 Å². The summed E-state index contributed by atoms with van der Waals surface area (Å²) in [5, 5.41) is 13.0. The topological polar surface area (TPSA) is 35.5 Å². The van der Waals surface area contributed by atoms with Gasteiger partial charge in [0.25, 0.3) is 0 Å². The zero-order valence-electron chi connectivity index (χ0n) is 10.1. The van der Waals surface area contributed by atoms with Crippen molar-refractivity contribution in [2.24, 2.45) is 5.92 Å². The lowest BCUT2D eigenvalue weighted by molar-refractivity contribution is 0.156. The summed E-state index contributed by atoms with van der Waals surface area (Å²) in [4.78, 5) is 2.57. The molecule has 1 aliphatic carbocycles. The highest BCUT2D eigenvalue weighted by Crippen LogP contribution is 2.45. The monoisotopic (exact) mass is 232 g/mol. The van der Waals surface area contributed by atoms with Gasteiger partial charge in [0.1, 0.15) is 5.75 Å². The summed E-state index contributed by atoms with van der Waals surface area (Å²) in [5.41, 5.74) is 1.29. The van der Waals surface area contributed by atoms with E-state index in [0.717, 1.165) is 32.1 Å². The molecule has 2 aliphatic rings. The number of hydrogen-bond acceptors (Lipinski definition) is 3. The lowest BCUT2D eigenvalue weighted by atomic mass is 9.99. The van der Waals surface area contributed by atoms with Crippen molar-refractivity contribution in [3.63, 3.8) is 0 Å². The fraction of sp³-hybridized carbons (Fsp3) is 0.571. The number of aromatic hydroxyl groups is 1. The number of hydrogen-bond donors (Lipinski definition) is 2. The summed E-state index contributed by atoms with van der Waals surface area (Å²) in [7, 11) is 0. The fourth-order valence-corrected chi connectivity index (χ4v) is 2.86. The summed E-state index contributed by atoms with van der Waals surface area (Å²) in [5.74, 6) is 1.19. The molecule has 0 radical (unpaired) electrons. The van der Waals surface area contributed by atoms with Gasteiger partial charge in [0.05, 0.1) is 0 Å². The van der Waals surface area contributed by atoms with E-state index < -0.39 is 0 Å². The molecule has 0 amide bonds. The molecule has 1 heterocycles. The van der Waals surface area contributed by atoms with E-state index in [2.05, 4.69) is 16.3 Å². The summed E-state index contributed by atoms with van der Waals surface area (Å²) >= 11 is 0. The van der Waals surface area contributed by atoms with Gasteiger partial charge in [0.2, 0.25) is 0 Å². The smallest absolute Gasteiger partial charge is 0.115 e. The van der Waals surface area contributed by atoms with Crippen LogP contribution in [0.3, 0.4) is 0 Å². The van der Waals surface area contributed by atoms with E-state index >= 15 is 0 Å². The molecule has 0 aromatic heterocycles. The van der Waals surface area contributed by atoms with Gasteiger partial charge in [-0.25, -0.2) is 0 Å². The quantitative estimate of drug-likeness (QED) is 0.833. The van der Waals surface area contributed by atoms with Crippen LogP contribution in [-0.2, 0) is 0 Å². The minimum Gasteiger partial charge on any atom is -0.508 e. The molecular formula is C14H20N2O. The number of nitrogens with zero attached hydrogens (tertiary/aromatic N) is 1. The standard InChI is InChI=1S/C14H20N2O/c17-13-3-1-2-12(10-13)14(11-4-5-11)16-8-6-15-7-9-16/h1-3,10-11,14-15,17H,4-9H2/t14-/m1/s1. The van der Waals surface area contributed by atoms with Gasteiger partial charge in [0.15, 0.2) is 0 Å². The number of nitrogens with one attached hydrogen (secondary N) is 1. The summed E-state index contributed by atoms with van der Waals surface area (Å²) in [6.07, 6.45) is 2.68. The largest absolute Gasteiger partial charge is 0.508 e. The van der Waals surface area contributed by atoms with E-state index in [-0.39, 0.29) is 0 Å². The molecule has 3 heteroatoms. The molecule has 1 saturated carbocycles. The van der Waals surface area contributed by atoms with Crippen molar-refractivity contribution in [1.29, 1.82) is 0 Å². The Morgan fingerprint density at radius 3 is 2.65 bits per heavy atom. The van der Waals surface area contributed by atoms with E-state index in [1.165, 1.54) is 18.4 Å². The van der Waals surface area contributed by atoms with Gasteiger partial charge < -0.3 is 10.4 Å². The molecule has 2 fully saturated rings. The van der Waals surface area contributed by atoms with Crippen LogP contribution in [0.5, 0.6) is 5.75 Å². The van der Waals surface area contributed by atoms with Crippen molar-refractivity contribution in [2.45, 2.75) is 18.9 Å². The SMILES string of the molecule is Oc1cccc([C@@H](C2CC2)N2CCNCC2)c1. The first-order chi connectivity index (χ1) is 8.34. The third-order valence-electron chi connectivity index (χ3n) is 3.83. The van der Waals surface area contributed by atoms with Crippen LogP contribution in [-0.4, -0.2) is 36.2 Å². The van der Waals surface area contributed by atoms with Crippen LogP contribution in [0.15, 0.2) is 24.3 Å². The molecular weight excluding hydrogens is 212 g/mol. The van der Waals surface area contributed by atoms with Crippen LogP contribution in [0.4, 0.5) is 0 Å². The predicted octanol–water partition coefficient (Wildman–Crippen LogP) is 1.75. The van der Waals surface area contributed by atoms with Crippen LogP contribution in [0, 0.1) is 5.92 Å². The minimum atomic E-state index is 0.392. The van der Waals surface area contributed by atoms with Crippen molar-refractivity contribution in [1.82, 2.24) is 10.2 Å². The van der Waals surface area contributed by atoms with Gasteiger partial charge in [-0.1, -0.05) is 12.1 Å². The summed E-state index contributed by atoms with van der Waals surface area (Å²) in [6, 6.07) is 8.33. The average molecular weight is 232 g/mol. The first-order valence-corrected chi connectivity index (χ1v) is 6.58. The molecule has 92 valence electrons. The molecule has 1 saturated heterocycles. The van der Waals surface area contributed by atoms with Crippen molar-refractivity contribution in [3.8, 4) is 5.75 Å². The molecule has 0 unspecified atom stereocenters. The molecule has 1 atom stereocenters. The zero-order valence-corrected chi connectivity index (χ0v) is 10.1. The molecule has 2 N–H and O–H groups in total. The molecule has 1 aliphatic heterocycles. The van der Waals surface area contributed by atoms with Crippen LogP contribution >= 0.6 is 0 Å². The van der Waals surface area contributed by atoms with E-state index in [1.54, 1.807) is 6.07 Å². The van der Waals surface area contributed by atoms with Crippen LogP contribution in [0.1, 0.15) is 24.4 Å². The van der Waals surface area contributed by atoms with Crippen LogP contribution in [0.2, 0.25) is 0 Å². The highest BCUT2D eigenvalue weighted by molar-refractivity contribution is 5.30. The second-order valence-electron chi connectivity index (χ2n) is 5.16. The van der Waals surface area contributed by atoms with Gasteiger partial charge >= 0.3 is 0 Å².